The number of benzene rings is 4. The predicted octanol–water partition coefficient (Wildman–Crippen LogP) is 1.41. The summed E-state index contributed by atoms with van der Waals surface area (Å²) in [4.78, 5) is 137. The van der Waals surface area contributed by atoms with Gasteiger partial charge in [-0.3, -0.25) is 48.1 Å². The number of nitrogens with two attached hydrogens (primary N) is 3. The van der Waals surface area contributed by atoms with E-state index in [0.29, 0.717) is 36.0 Å². The molecule has 7 rings (SSSR count). The van der Waals surface area contributed by atoms with Crippen molar-refractivity contribution in [2.75, 3.05) is 13.1 Å². The number of guanidine groups is 1. The zero-order valence-corrected chi connectivity index (χ0v) is 45.2. The molecule has 4 aromatic carbocycles. The molecule has 80 heavy (non-hydrogen) atoms. The van der Waals surface area contributed by atoms with E-state index in [1.807, 2.05) is 85.8 Å². The number of aromatic amines is 1. The summed E-state index contributed by atoms with van der Waals surface area (Å²) in [5.74, 6) is -6.65. The summed E-state index contributed by atoms with van der Waals surface area (Å²) < 4.78 is 0. The standard InChI is InChI=1S/C58H73N13O9/c1-3-4-19-44(65-34(2)72)52(75)70-48-31-50(73)62-25-12-11-21-43(51(59)74)66-55(78)47(29-40-32-64-42-20-10-9-18-41(40)42)68-53(76)45(22-13-26-63-58(60)61)67-54(77)46(28-35-23-24-36-14-5-6-15-37(36)27-35)69-56(79)49-30-38-16-7-8-17-39(38)33-71(49)57(48)80/h5-10,14-18,20,23-24,27,32,43-49,64H,3-4,11-13,19,21-22,25-26,28-31,33H2,1-2H3,(H2,59,74)(H,62,73)(H,65,72)(H,66,78)(H,67,77)(H,68,76)(H,69,79)(H,70,75)(H4,60,61,63)/t43-,44-,45-,46+,47-,48-,49?/m0/s1. The first-order valence-electron chi connectivity index (χ1n) is 27.3. The number of aliphatic imine (C=N–C) groups is 1. The maximum atomic E-state index is 15.2. The zero-order chi connectivity index (χ0) is 57.3. The highest BCUT2D eigenvalue weighted by atomic mass is 16.2. The van der Waals surface area contributed by atoms with Gasteiger partial charge in [0.1, 0.15) is 42.3 Å². The first-order valence-corrected chi connectivity index (χ1v) is 27.3. The minimum atomic E-state index is -1.54. The summed E-state index contributed by atoms with van der Waals surface area (Å²) in [6, 6.07) is 18.6. The van der Waals surface area contributed by atoms with Crippen molar-refractivity contribution in [2.45, 2.75) is 140 Å². The Morgan fingerprint density at radius 2 is 1.41 bits per heavy atom. The SMILES string of the molecule is CCCC[C@H](NC(C)=O)C(=O)N[C@H]1CC(=O)NCCCC[C@@H](C(N)=O)NC(=O)[C@H](Cc2c[nH]c3ccccc23)NC(=O)[C@H](CCCN=C(N)N)NC(=O)[C@@H](Cc2ccc3ccccc3c2)NC(=O)C2Cc3ccccc3CN2C1=O. The molecule has 424 valence electrons. The van der Waals surface area contributed by atoms with Crippen molar-refractivity contribution in [1.29, 1.82) is 0 Å². The van der Waals surface area contributed by atoms with Crippen LogP contribution in [-0.2, 0) is 69.0 Å². The second-order valence-electron chi connectivity index (χ2n) is 20.5. The average molecular weight is 1100 g/mol. The number of hydrogen-bond acceptors (Lipinski definition) is 10. The number of rotatable bonds is 15. The van der Waals surface area contributed by atoms with Crippen LogP contribution in [0.15, 0.2) is 102 Å². The van der Waals surface area contributed by atoms with Crippen LogP contribution in [0.4, 0.5) is 0 Å². The van der Waals surface area contributed by atoms with Gasteiger partial charge in [0.05, 0.1) is 6.42 Å². The Labute approximate surface area is 463 Å². The summed E-state index contributed by atoms with van der Waals surface area (Å²) in [6.07, 6.45) is 3.25. The Bertz CT molecular complexity index is 3100. The van der Waals surface area contributed by atoms with Crippen LogP contribution in [0, 0.1) is 0 Å². The Hall–Kier alpha value is -8.82. The molecule has 0 radical (unpaired) electrons. The molecule has 9 amide bonds. The highest BCUT2D eigenvalue weighted by Gasteiger charge is 2.41. The second kappa shape index (κ2) is 28.2. The van der Waals surface area contributed by atoms with E-state index in [1.165, 1.54) is 11.8 Å². The van der Waals surface area contributed by atoms with Crippen molar-refractivity contribution in [1.82, 2.24) is 47.1 Å². The third-order valence-electron chi connectivity index (χ3n) is 14.5. The van der Waals surface area contributed by atoms with Crippen LogP contribution < -0.4 is 54.4 Å². The molecule has 2 aliphatic heterocycles. The molecule has 7 atom stereocenters. The molecule has 1 saturated heterocycles. The number of carbonyl (C=O) groups excluding carboxylic acids is 9. The van der Waals surface area contributed by atoms with Crippen molar-refractivity contribution >= 4 is 80.8 Å². The predicted molar refractivity (Wildman–Crippen MR) is 302 cm³/mol. The maximum absolute atomic E-state index is 15.2. The first kappa shape index (κ1) is 58.9. The molecule has 0 spiro atoms. The number of hydrogen-bond donors (Lipinski definition) is 11. The van der Waals surface area contributed by atoms with E-state index >= 15 is 14.4 Å². The Morgan fingerprint density at radius 1 is 0.738 bits per heavy atom. The van der Waals surface area contributed by atoms with E-state index in [0.717, 1.165) is 27.2 Å². The lowest BCUT2D eigenvalue weighted by Crippen LogP contribution is -2.62. The Balaban J connectivity index is 1.29. The number of unbranched alkanes of at least 4 members (excludes halogenated alkanes) is 1. The number of carbonyl (C=O) groups is 9. The van der Waals surface area contributed by atoms with Crippen LogP contribution in [0.25, 0.3) is 21.7 Å². The van der Waals surface area contributed by atoms with Gasteiger partial charge in [0.15, 0.2) is 5.96 Å². The average Bonchev–Trinajstić information content (AvgIpc) is 3.86. The van der Waals surface area contributed by atoms with E-state index in [-0.39, 0.29) is 77.0 Å². The van der Waals surface area contributed by atoms with Gasteiger partial charge in [-0.1, -0.05) is 105 Å². The Morgan fingerprint density at radius 3 is 2.16 bits per heavy atom. The van der Waals surface area contributed by atoms with Crippen LogP contribution in [0.3, 0.4) is 0 Å². The number of para-hydroxylation sites is 1. The number of nitrogens with zero attached hydrogens (tertiary/aromatic N) is 2. The molecular formula is C58H73N13O9. The van der Waals surface area contributed by atoms with Crippen molar-refractivity contribution in [3.63, 3.8) is 0 Å². The molecule has 2 aliphatic rings. The second-order valence-corrected chi connectivity index (χ2v) is 20.5. The summed E-state index contributed by atoms with van der Waals surface area (Å²) >= 11 is 0. The fourth-order valence-corrected chi connectivity index (χ4v) is 10.2. The third kappa shape index (κ3) is 16.1. The van der Waals surface area contributed by atoms with Gasteiger partial charge in [0, 0.05) is 62.9 Å². The van der Waals surface area contributed by atoms with Crippen molar-refractivity contribution < 1.29 is 43.2 Å². The third-order valence-corrected chi connectivity index (χ3v) is 14.5. The minimum absolute atomic E-state index is 0.0159. The van der Waals surface area contributed by atoms with Crippen LogP contribution in [0.1, 0.15) is 93.9 Å². The normalized spacial score (nSPS) is 21.3. The van der Waals surface area contributed by atoms with Crippen LogP contribution in [0.2, 0.25) is 0 Å². The van der Waals surface area contributed by atoms with Crippen LogP contribution in [-0.4, -0.2) is 124 Å². The van der Waals surface area contributed by atoms with Crippen molar-refractivity contribution in [3.8, 4) is 0 Å². The minimum Gasteiger partial charge on any atom is -0.370 e. The smallest absolute Gasteiger partial charge is 0.246 e. The van der Waals surface area contributed by atoms with Gasteiger partial charge in [-0.25, -0.2) is 0 Å². The highest BCUT2D eigenvalue weighted by Crippen LogP contribution is 2.26. The van der Waals surface area contributed by atoms with E-state index < -0.39 is 102 Å². The molecule has 14 N–H and O–H groups in total. The summed E-state index contributed by atoms with van der Waals surface area (Å²) in [5.41, 5.74) is 20.7. The molecule has 1 unspecified atom stereocenters. The zero-order valence-electron chi connectivity index (χ0n) is 45.2. The lowest BCUT2D eigenvalue weighted by Gasteiger charge is -2.38. The first-order chi connectivity index (χ1) is 38.5. The van der Waals surface area contributed by atoms with Crippen LogP contribution in [0.5, 0.6) is 0 Å². The fourth-order valence-electron chi connectivity index (χ4n) is 10.2. The number of amides is 9. The largest absolute Gasteiger partial charge is 0.370 e. The molecule has 0 bridgehead atoms. The molecule has 5 aromatic rings. The van der Waals surface area contributed by atoms with E-state index in [4.69, 9.17) is 17.2 Å². The number of nitrogens with one attached hydrogen (secondary N) is 8. The number of H-pyrrole nitrogens is 1. The van der Waals surface area contributed by atoms with Gasteiger partial charge in [-0.15, -0.1) is 0 Å². The number of aromatic nitrogens is 1. The highest BCUT2D eigenvalue weighted by molar-refractivity contribution is 5.99. The summed E-state index contributed by atoms with van der Waals surface area (Å²) in [6.45, 7) is 3.21. The molecule has 22 heteroatoms. The van der Waals surface area contributed by atoms with Crippen LogP contribution >= 0.6 is 0 Å². The fraction of sp³-hybridized carbons (Fsp3) is 0.414. The molecule has 0 aliphatic carbocycles. The molecule has 1 aromatic heterocycles. The van der Waals surface area contributed by atoms with E-state index in [2.05, 4.69) is 47.2 Å². The maximum Gasteiger partial charge on any atom is 0.246 e. The Kier molecular flexibility index (Phi) is 20.7. The van der Waals surface area contributed by atoms with E-state index in [1.54, 1.807) is 18.3 Å². The molecule has 3 heterocycles. The van der Waals surface area contributed by atoms with Crippen molar-refractivity contribution in [2.24, 2.45) is 22.2 Å². The quantitative estimate of drug-likeness (QED) is 0.0405. The van der Waals surface area contributed by atoms with Gasteiger partial charge < -0.3 is 64.3 Å². The lowest BCUT2D eigenvalue weighted by atomic mass is 9.92. The molecule has 22 nitrogen and oxygen atoms in total. The number of primary amides is 1. The summed E-state index contributed by atoms with van der Waals surface area (Å²) in [5, 5.41) is 22.1. The topological polar surface area (TPSA) is 347 Å². The van der Waals surface area contributed by atoms with Gasteiger partial charge in [-0.2, -0.15) is 0 Å². The summed E-state index contributed by atoms with van der Waals surface area (Å²) in [7, 11) is 0. The van der Waals surface area contributed by atoms with Gasteiger partial charge in [-0.05, 0) is 77.6 Å². The lowest BCUT2D eigenvalue weighted by molar-refractivity contribution is -0.146. The molecular weight excluding hydrogens is 1020 g/mol. The van der Waals surface area contributed by atoms with Gasteiger partial charge >= 0.3 is 0 Å². The number of fused-ring (bicyclic) bond motifs is 4. The van der Waals surface area contributed by atoms with Gasteiger partial charge in [0.2, 0.25) is 53.2 Å². The van der Waals surface area contributed by atoms with Gasteiger partial charge in [0.25, 0.3) is 0 Å². The molecule has 1 fully saturated rings. The molecule has 0 saturated carbocycles. The monoisotopic (exact) mass is 1100 g/mol. The van der Waals surface area contributed by atoms with E-state index in [9.17, 15) is 28.8 Å². The van der Waals surface area contributed by atoms with Crippen molar-refractivity contribution in [3.05, 3.63) is 119 Å².